The van der Waals surface area contributed by atoms with Gasteiger partial charge < -0.3 is 15.2 Å². The SMILES string of the molecule is CCCC(CCO)CNC(=O)c1ccccc1OCC. The standard InChI is InChI=1S/C16H25NO3/c1-3-7-13(10-11-18)12-17-16(19)14-8-5-6-9-15(14)20-4-2/h5-6,8-9,13,18H,3-4,7,10-12H2,1-2H3,(H,17,19). The van der Waals surface area contributed by atoms with Gasteiger partial charge in [0.2, 0.25) is 0 Å². The monoisotopic (exact) mass is 279 g/mol. The molecule has 20 heavy (non-hydrogen) atoms. The van der Waals surface area contributed by atoms with Crippen molar-refractivity contribution in [2.24, 2.45) is 5.92 Å². The molecule has 1 aromatic carbocycles. The summed E-state index contributed by atoms with van der Waals surface area (Å²) in [4.78, 5) is 12.2. The zero-order valence-electron chi connectivity index (χ0n) is 12.4. The van der Waals surface area contributed by atoms with E-state index in [0.29, 0.717) is 30.4 Å². The van der Waals surface area contributed by atoms with Crippen molar-refractivity contribution >= 4 is 5.91 Å². The van der Waals surface area contributed by atoms with Gasteiger partial charge in [-0.05, 0) is 37.8 Å². The van der Waals surface area contributed by atoms with Crippen LogP contribution in [0.25, 0.3) is 0 Å². The first-order chi connectivity index (χ1) is 9.72. The molecule has 0 aliphatic carbocycles. The maximum atomic E-state index is 12.2. The van der Waals surface area contributed by atoms with Crippen LogP contribution in [-0.4, -0.2) is 30.8 Å². The summed E-state index contributed by atoms with van der Waals surface area (Å²) in [5.74, 6) is 0.822. The van der Waals surface area contributed by atoms with Crippen LogP contribution in [0.3, 0.4) is 0 Å². The highest BCUT2D eigenvalue weighted by Crippen LogP contribution is 2.18. The first-order valence-electron chi connectivity index (χ1n) is 7.33. The summed E-state index contributed by atoms with van der Waals surface area (Å²) in [6, 6.07) is 7.25. The molecule has 4 nitrogen and oxygen atoms in total. The normalized spacial score (nSPS) is 11.9. The molecule has 0 fully saturated rings. The van der Waals surface area contributed by atoms with E-state index < -0.39 is 0 Å². The quantitative estimate of drug-likeness (QED) is 0.730. The van der Waals surface area contributed by atoms with E-state index in [1.807, 2.05) is 19.1 Å². The molecule has 1 amide bonds. The number of hydrogen-bond acceptors (Lipinski definition) is 3. The zero-order valence-corrected chi connectivity index (χ0v) is 12.4. The van der Waals surface area contributed by atoms with Crippen LogP contribution < -0.4 is 10.1 Å². The van der Waals surface area contributed by atoms with Crippen LogP contribution in [-0.2, 0) is 0 Å². The molecule has 0 aliphatic rings. The number of ether oxygens (including phenoxy) is 1. The van der Waals surface area contributed by atoms with Gasteiger partial charge in [-0.25, -0.2) is 0 Å². The second-order valence-electron chi connectivity index (χ2n) is 4.81. The van der Waals surface area contributed by atoms with Crippen molar-refractivity contribution < 1.29 is 14.6 Å². The summed E-state index contributed by atoms with van der Waals surface area (Å²) in [5.41, 5.74) is 0.564. The van der Waals surface area contributed by atoms with Crippen molar-refractivity contribution in [3.05, 3.63) is 29.8 Å². The minimum Gasteiger partial charge on any atom is -0.493 e. The second-order valence-corrected chi connectivity index (χ2v) is 4.81. The summed E-state index contributed by atoms with van der Waals surface area (Å²) in [6.45, 7) is 5.29. The van der Waals surface area contributed by atoms with Gasteiger partial charge in [-0.2, -0.15) is 0 Å². The molecule has 1 atom stereocenters. The molecule has 0 radical (unpaired) electrons. The number of hydrogen-bond donors (Lipinski definition) is 2. The highest BCUT2D eigenvalue weighted by molar-refractivity contribution is 5.96. The average Bonchev–Trinajstić information content (AvgIpc) is 2.46. The Morgan fingerprint density at radius 2 is 2.05 bits per heavy atom. The molecular formula is C16H25NO3. The summed E-state index contributed by atoms with van der Waals surface area (Å²) in [6.07, 6.45) is 2.78. The topological polar surface area (TPSA) is 58.6 Å². The van der Waals surface area contributed by atoms with Gasteiger partial charge in [-0.15, -0.1) is 0 Å². The Morgan fingerprint density at radius 1 is 1.30 bits per heavy atom. The molecular weight excluding hydrogens is 254 g/mol. The lowest BCUT2D eigenvalue weighted by atomic mass is 10.00. The first-order valence-corrected chi connectivity index (χ1v) is 7.33. The largest absolute Gasteiger partial charge is 0.493 e. The maximum absolute atomic E-state index is 12.2. The summed E-state index contributed by atoms with van der Waals surface area (Å²) >= 11 is 0. The van der Waals surface area contributed by atoms with E-state index in [1.165, 1.54) is 0 Å². The fraction of sp³-hybridized carbons (Fsp3) is 0.562. The molecule has 0 heterocycles. The minimum atomic E-state index is -0.118. The fourth-order valence-corrected chi connectivity index (χ4v) is 2.21. The van der Waals surface area contributed by atoms with E-state index in [0.717, 1.165) is 19.3 Å². The Bertz CT molecular complexity index is 400. The molecule has 1 rings (SSSR count). The molecule has 0 saturated heterocycles. The minimum absolute atomic E-state index is 0.118. The Morgan fingerprint density at radius 3 is 2.70 bits per heavy atom. The third-order valence-corrected chi connectivity index (χ3v) is 3.22. The number of carbonyl (C=O) groups excluding carboxylic acids is 1. The summed E-state index contributed by atoms with van der Waals surface area (Å²) < 4.78 is 5.46. The molecule has 2 N–H and O–H groups in total. The van der Waals surface area contributed by atoms with Crippen LogP contribution in [0.2, 0.25) is 0 Å². The number of para-hydroxylation sites is 1. The van der Waals surface area contributed by atoms with Gasteiger partial charge in [0.25, 0.3) is 5.91 Å². The van der Waals surface area contributed by atoms with Crippen LogP contribution in [0, 0.1) is 5.92 Å². The van der Waals surface area contributed by atoms with E-state index in [4.69, 9.17) is 9.84 Å². The number of benzene rings is 1. The summed E-state index contributed by atoms with van der Waals surface area (Å²) in [5, 5.41) is 12.0. The highest BCUT2D eigenvalue weighted by atomic mass is 16.5. The van der Waals surface area contributed by atoms with Crippen molar-refractivity contribution in [1.82, 2.24) is 5.32 Å². The number of amides is 1. The van der Waals surface area contributed by atoms with E-state index in [9.17, 15) is 4.79 Å². The molecule has 0 spiro atoms. The molecule has 4 heteroatoms. The van der Waals surface area contributed by atoms with Gasteiger partial charge in [-0.1, -0.05) is 25.5 Å². The predicted octanol–water partition coefficient (Wildman–Crippen LogP) is 2.61. The number of aliphatic hydroxyl groups is 1. The molecule has 0 aliphatic heterocycles. The molecule has 1 unspecified atom stereocenters. The highest BCUT2D eigenvalue weighted by Gasteiger charge is 2.14. The Kier molecular flexibility index (Phi) is 7.73. The average molecular weight is 279 g/mol. The maximum Gasteiger partial charge on any atom is 0.255 e. The number of carbonyl (C=O) groups is 1. The van der Waals surface area contributed by atoms with Crippen molar-refractivity contribution in [2.45, 2.75) is 33.1 Å². The van der Waals surface area contributed by atoms with Crippen LogP contribution in [0.1, 0.15) is 43.5 Å². The fourth-order valence-electron chi connectivity index (χ4n) is 2.21. The van der Waals surface area contributed by atoms with Gasteiger partial charge in [-0.3, -0.25) is 4.79 Å². The van der Waals surface area contributed by atoms with E-state index >= 15 is 0 Å². The smallest absolute Gasteiger partial charge is 0.255 e. The van der Waals surface area contributed by atoms with Crippen molar-refractivity contribution in [3.63, 3.8) is 0 Å². The van der Waals surface area contributed by atoms with Crippen molar-refractivity contribution in [2.75, 3.05) is 19.8 Å². The van der Waals surface area contributed by atoms with Gasteiger partial charge in [0.05, 0.1) is 12.2 Å². The second kappa shape index (κ2) is 9.37. The van der Waals surface area contributed by atoms with E-state index in [1.54, 1.807) is 12.1 Å². The molecule has 112 valence electrons. The Labute approximate surface area is 121 Å². The first kappa shape index (κ1) is 16.5. The van der Waals surface area contributed by atoms with Crippen LogP contribution in [0.5, 0.6) is 5.75 Å². The van der Waals surface area contributed by atoms with Gasteiger partial charge in [0.1, 0.15) is 5.75 Å². The van der Waals surface area contributed by atoms with E-state index in [2.05, 4.69) is 12.2 Å². The number of nitrogens with one attached hydrogen (secondary N) is 1. The summed E-state index contributed by atoms with van der Waals surface area (Å²) in [7, 11) is 0. The van der Waals surface area contributed by atoms with Gasteiger partial charge >= 0.3 is 0 Å². The molecule has 0 saturated carbocycles. The van der Waals surface area contributed by atoms with Crippen molar-refractivity contribution in [3.8, 4) is 5.75 Å². The third-order valence-electron chi connectivity index (χ3n) is 3.22. The van der Waals surface area contributed by atoms with Crippen molar-refractivity contribution in [1.29, 1.82) is 0 Å². The molecule has 1 aromatic rings. The lowest BCUT2D eigenvalue weighted by molar-refractivity contribution is 0.0939. The van der Waals surface area contributed by atoms with Gasteiger partial charge in [0, 0.05) is 13.2 Å². The van der Waals surface area contributed by atoms with Gasteiger partial charge in [0.15, 0.2) is 0 Å². The molecule has 0 bridgehead atoms. The third kappa shape index (κ3) is 5.21. The van der Waals surface area contributed by atoms with E-state index in [-0.39, 0.29) is 12.5 Å². The molecule has 0 aromatic heterocycles. The Balaban J connectivity index is 2.61. The zero-order chi connectivity index (χ0) is 14.8. The lowest BCUT2D eigenvalue weighted by Crippen LogP contribution is -2.30. The lowest BCUT2D eigenvalue weighted by Gasteiger charge is -2.16. The van der Waals surface area contributed by atoms with Crippen LogP contribution >= 0.6 is 0 Å². The van der Waals surface area contributed by atoms with Crippen LogP contribution in [0.15, 0.2) is 24.3 Å². The number of rotatable bonds is 9. The predicted molar refractivity (Wildman–Crippen MR) is 80.0 cm³/mol. The number of aliphatic hydroxyl groups excluding tert-OH is 1. The van der Waals surface area contributed by atoms with Crippen LogP contribution in [0.4, 0.5) is 0 Å². The Hall–Kier alpha value is -1.55.